The van der Waals surface area contributed by atoms with Gasteiger partial charge in [0.2, 0.25) is 0 Å². The Morgan fingerprint density at radius 2 is 1.77 bits per heavy atom. The Morgan fingerprint density at radius 1 is 1.04 bits per heavy atom. The second-order valence-corrected chi connectivity index (χ2v) is 11.8. The molecular weight excluding hydrogens is 598 g/mol. The first-order chi connectivity index (χ1) is 22.6. The largest absolute Gasteiger partial charge is 0.486 e. The molecule has 5 rings (SSSR count). The number of likely N-dealkylation sites (N-methyl/N-ethyl adjacent to an activating group) is 1. The van der Waals surface area contributed by atoms with E-state index in [0.717, 1.165) is 5.56 Å². The Hall–Kier alpha value is -5.33. The summed E-state index contributed by atoms with van der Waals surface area (Å²) >= 11 is 0. The van der Waals surface area contributed by atoms with Crippen LogP contribution in [0.3, 0.4) is 0 Å². The third-order valence-electron chi connectivity index (χ3n) is 8.10. The van der Waals surface area contributed by atoms with Gasteiger partial charge in [-0.25, -0.2) is 4.98 Å². The van der Waals surface area contributed by atoms with Crippen LogP contribution in [0.15, 0.2) is 85.3 Å². The second-order valence-electron chi connectivity index (χ2n) is 11.8. The number of aliphatic hydroxyl groups is 1. The highest BCUT2D eigenvalue weighted by Crippen LogP contribution is 2.35. The summed E-state index contributed by atoms with van der Waals surface area (Å²) in [6, 6.07) is 19.0. The Balaban J connectivity index is 1.34. The van der Waals surface area contributed by atoms with Crippen molar-refractivity contribution < 1.29 is 24.2 Å². The molecule has 12 nitrogen and oxygen atoms in total. The van der Waals surface area contributed by atoms with Crippen LogP contribution >= 0.6 is 0 Å². The van der Waals surface area contributed by atoms with Gasteiger partial charge in [-0.15, -0.1) is 0 Å². The molecule has 4 aromatic rings. The average molecular weight is 638 g/mol. The van der Waals surface area contributed by atoms with E-state index in [1.807, 2.05) is 32.2 Å². The molecule has 1 aliphatic heterocycles. The van der Waals surface area contributed by atoms with Crippen LogP contribution in [0.2, 0.25) is 0 Å². The van der Waals surface area contributed by atoms with E-state index in [4.69, 9.17) is 10.5 Å². The molecule has 47 heavy (non-hydrogen) atoms. The van der Waals surface area contributed by atoms with Crippen molar-refractivity contribution in [3.63, 3.8) is 0 Å². The molecule has 5 N–H and O–H groups in total. The van der Waals surface area contributed by atoms with Crippen molar-refractivity contribution in [3.8, 4) is 5.75 Å². The zero-order valence-corrected chi connectivity index (χ0v) is 26.6. The zero-order valence-electron chi connectivity index (χ0n) is 26.6. The number of nitrogens with zero attached hydrogens (tertiary/aromatic N) is 4. The molecule has 3 atom stereocenters. The number of nitrogens with one attached hydrogen (secondary N) is 2. The van der Waals surface area contributed by atoms with E-state index >= 15 is 0 Å². The Labute approximate surface area is 273 Å². The number of benzene rings is 3. The highest BCUT2D eigenvalue weighted by Gasteiger charge is 2.34. The topological polar surface area (TPSA) is 163 Å². The molecular formula is C35H39N7O5. The lowest BCUT2D eigenvalue weighted by molar-refractivity contribution is 0.0343. The first-order valence-electron chi connectivity index (χ1n) is 15.4. The van der Waals surface area contributed by atoms with Crippen LogP contribution in [0.25, 0.3) is 0 Å². The number of nitrogen functional groups attached to an aromatic ring is 1. The SMILES string of the molecule is C[C@@H]1CN([C@H](C)CO)C(=O)c2cccc(NC(=O)c3cnccn3)c2O[C@@H]1CN(C)Cc1ccc(C(=O)Nc2ccccc2N)cc1. The van der Waals surface area contributed by atoms with E-state index in [1.165, 1.54) is 18.6 Å². The number of rotatable bonds is 10. The highest BCUT2D eigenvalue weighted by atomic mass is 16.5. The molecule has 3 amide bonds. The molecule has 0 saturated heterocycles. The second kappa shape index (κ2) is 14.8. The summed E-state index contributed by atoms with van der Waals surface area (Å²) in [5, 5.41) is 15.7. The van der Waals surface area contributed by atoms with Crippen molar-refractivity contribution >= 4 is 34.8 Å². The molecule has 2 heterocycles. The van der Waals surface area contributed by atoms with E-state index in [-0.39, 0.29) is 41.3 Å². The molecule has 3 aromatic carbocycles. The number of fused-ring (bicyclic) bond motifs is 1. The van der Waals surface area contributed by atoms with Crippen LogP contribution in [-0.2, 0) is 6.54 Å². The third kappa shape index (κ3) is 7.91. The lowest BCUT2D eigenvalue weighted by Gasteiger charge is -2.38. The van der Waals surface area contributed by atoms with Crippen LogP contribution in [0, 0.1) is 5.92 Å². The van der Waals surface area contributed by atoms with Gasteiger partial charge in [0.1, 0.15) is 11.8 Å². The van der Waals surface area contributed by atoms with E-state index in [1.54, 1.807) is 60.4 Å². The maximum Gasteiger partial charge on any atom is 0.275 e. The van der Waals surface area contributed by atoms with E-state index in [2.05, 4.69) is 25.5 Å². The van der Waals surface area contributed by atoms with Gasteiger partial charge in [-0.1, -0.05) is 37.3 Å². The molecule has 0 aliphatic carbocycles. The molecule has 244 valence electrons. The number of aliphatic hydroxyl groups excluding tert-OH is 1. The fourth-order valence-corrected chi connectivity index (χ4v) is 5.41. The van der Waals surface area contributed by atoms with Crippen molar-refractivity contribution in [2.24, 2.45) is 5.92 Å². The number of hydrogen-bond acceptors (Lipinski definition) is 9. The number of carbonyl (C=O) groups excluding carboxylic acids is 3. The Morgan fingerprint density at radius 3 is 2.47 bits per heavy atom. The summed E-state index contributed by atoms with van der Waals surface area (Å²) in [5.41, 5.74) is 9.24. The van der Waals surface area contributed by atoms with Crippen molar-refractivity contribution in [2.75, 3.05) is 43.1 Å². The standard InChI is InChI=1S/C35H39N7O5/c1-22-18-42(23(2)21-43)35(46)26-7-6-10-29(40-34(45)30-17-37-15-16-38-30)32(26)47-31(22)20-41(3)19-24-11-13-25(14-12-24)33(44)39-28-9-5-4-8-27(28)36/h4-17,22-23,31,43H,18-21,36H2,1-3H3,(H,39,44)(H,40,45)/t22-,23-,31-/m1/s1. The number of anilines is 3. The summed E-state index contributed by atoms with van der Waals surface area (Å²) in [6.07, 6.45) is 3.87. The number of nitrogens with two attached hydrogens (primary N) is 1. The van der Waals surface area contributed by atoms with Crippen LogP contribution in [-0.4, -0.2) is 81.5 Å². The lowest BCUT2D eigenvalue weighted by atomic mass is 9.98. The molecule has 0 unspecified atom stereocenters. The first kappa shape index (κ1) is 33.0. The van der Waals surface area contributed by atoms with Crippen LogP contribution in [0.4, 0.5) is 17.1 Å². The first-order valence-corrected chi connectivity index (χ1v) is 15.4. The fourth-order valence-electron chi connectivity index (χ4n) is 5.41. The lowest BCUT2D eigenvalue weighted by Crippen LogP contribution is -2.49. The minimum Gasteiger partial charge on any atom is -0.486 e. The maximum absolute atomic E-state index is 13.8. The molecule has 0 radical (unpaired) electrons. The van der Waals surface area contributed by atoms with Crippen molar-refractivity contribution in [3.05, 3.63) is 108 Å². The van der Waals surface area contributed by atoms with Gasteiger partial charge in [-0.2, -0.15) is 0 Å². The van der Waals surface area contributed by atoms with Gasteiger partial charge in [0.05, 0.1) is 41.5 Å². The minimum atomic E-state index is -0.490. The predicted molar refractivity (Wildman–Crippen MR) is 179 cm³/mol. The fraction of sp³-hybridized carbons (Fsp3) is 0.286. The molecule has 1 aromatic heterocycles. The van der Waals surface area contributed by atoms with E-state index < -0.39 is 18.1 Å². The van der Waals surface area contributed by atoms with Gasteiger partial charge >= 0.3 is 0 Å². The van der Waals surface area contributed by atoms with Gasteiger partial charge in [0.15, 0.2) is 5.75 Å². The zero-order chi connectivity index (χ0) is 33.5. The smallest absolute Gasteiger partial charge is 0.275 e. The van der Waals surface area contributed by atoms with Gasteiger partial charge < -0.3 is 31.1 Å². The number of hydrogen-bond donors (Lipinski definition) is 4. The predicted octanol–water partition coefficient (Wildman–Crippen LogP) is 3.92. The number of carbonyl (C=O) groups is 3. The van der Waals surface area contributed by atoms with Crippen LogP contribution < -0.4 is 21.1 Å². The van der Waals surface area contributed by atoms with Crippen molar-refractivity contribution in [1.29, 1.82) is 0 Å². The average Bonchev–Trinajstić information content (AvgIpc) is 3.08. The summed E-state index contributed by atoms with van der Waals surface area (Å²) in [6.45, 7) is 5.01. The van der Waals surface area contributed by atoms with Crippen molar-refractivity contribution in [2.45, 2.75) is 32.5 Å². The quantitative estimate of drug-likeness (QED) is 0.189. The van der Waals surface area contributed by atoms with Crippen LogP contribution in [0.1, 0.15) is 50.6 Å². The van der Waals surface area contributed by atoms with E-state index in [0.29, 0.717) is 42.3 Å². The van der Waals surface area contributed by atoms with Gasteiger partial charge in [0.25, 0.3) is 17.7 Å². The molecule has 0 spiro atoms. The van der Waals surface area contributed by atoms with E-state index in [9.17, 15) is 19.5 Å². The molecule has 1 aliphatic rings. The normalized spacial score (nSPS) is 16.8. The monoisotopic (exact) mass is 637 g/mol. The number of aromatic nitrogens is 2. The Kier molecular flexibility index (Phi) is 10.4. The molecule has 0 fully saturated rings. The number of ether oxygens (including phenoxy) is 1. The maximum atomic E-state index is 13.8. The number of para-hydroxylation sites is 3. The minimum absolute atomic E-state index is 0.121. The Bertz CT molecular complexity index is 1720. The van der Waals surface area contributed by atoms with Crippen molar-refractivity contribution in [1.82, 2.24) is 19.8 Å². The molecule has 0 saturated carbocycles. The van der Waals surface area contributed by atoms with Gasteiger partial charge in [-0.3, -0.25) is 24.3 Å². The van der Waals surface area contributed by atoms with Crippen LogP contribution in [0.5, 0.6) is 5.75 Å². The summed E-state index contributed by atoms with van der Waals surface area (Å²) in [7, 11) is 1.97. The summed E-state index contributed by atoms with van der Waals surface area (Å²) < 4.78 is 6.61. The van der Waals surface area contributed by atoms with Gasteiger partial charge in [-0.05, 0) is 55.9 Å². The molecule has 12 heteroatoms. The highest BCUT2D eigenvalue weighted by molar-refractivity contribution is 6.06. The number of amides is 3. The van der Waals surface area contributed by atoms with Gasteiger partial charge in [0, 0.05) is 43.5 Å². The molecule has 0 bridgehead atoms. The summed E-state index contributed by atoms with van der Waals surface area (Å²) in [4.78, 5) is 51.4. The summed E-state index contributed by atoms with van der Waals surface area (Å²) in [5.74, 6) is -0.921. The third-order valence-corrected chi connectivity index (χ3v) is 8.10.